The van der Waals surface area contributed by atoms with Crippen molar-refractivity contribution < 1.29 is 14.3 Å². The largest absolute Gasteiger partial charge is 0.465 e. The molecule has 2 heterocycles. The van der Waals surface area contributed by atoms with E-state index in [1.54, 1.807) is 0 Å². The van der Waals surface area contributed by atoms with E-state index < -0.39 is 0 Å². The minimum atomic E-state index is -0.166. The predicted molar refractivity (Wildman–Crippen MR) is 142 cm³/mol. The highest BCUT2D eigenvalue weighted by molar-refractivity contribution is 7.99. The predicted octanol–water partition coefficient (Wildman–Crippen LogP) is 4.02. The summed E-state index contributed by atoms with van der Waals surface area (Å²) in [5.74, 6) is 1.95. The fourth-order valence-electron chi connectivity index (χ4n) is 4.12. The third-order valence-corrected chi connectivity index (χ3v) is 7.14. The standard InChI is InChI=1S/C27H34N4O3S/c1-2-3-14-34-26(32)20-30-11-10-22-17-23(6-7-24(22)19-30)27(33)29-25-8-4-21(5-9-25)18-28-31-12-15-35-16-13-31/h4-9,17-18H,2-3,10-16,19-20H2,1H3,(H,29,33). The number of thioether (sulfide) groups is 1. The number of unbranched alkanes of at least 4 members (excludes halogenated alkanes) is 1. The molecule has 0 spiro atoms. The van der Waals surface area contributed by atoms with Gasteiger partial charge in [-0.2, -0.15) is 16.9 Å². The highest BCUT2D eigenvalue weighted by Gasteiger charge is 2.20. The lowest BCUT2D eigenvalue weighted by Gasteiger charge is -2.28. The average molecular weight is 495 g/mol. The monoisotopic (exact) mass is 494 g/mol. The number of hydrazone groups is 1. The number of fused-ring (bicyclic) bond motifs is 1. The third kappa shape index (κ3) is 7.57. The second kappa shape index (κ2) is 12.7. The Hall–Kier alpha value is -2.84. The maximum Gasteiger partial charge on any atom is 0.320 e. The summed E-state index contributed by atoms with van der Waals surface area (Å²) in [7, 11) is 0. The molecule has 0 saturated carbocycles. The Morgan fingerprint density at radius 3 is 2.66 bits per heavy atom. The summed E-state index contributed by atoms with van der Waals surface area (Å²) in [6, 6.07) is 13.6. The second-order valence-electron chi connectivity index (χ2n) is 8.90. The summed E-state index contributed by atoms with van der Waals surface area (Å²) in [5.41, 5.74) is 4.73. The summed E-state index contributed by atoms with van der Waals surface area (Å²) in [5, 5.41) is 9.64. The van der Waals surface area contributed by atoms with Crippen LogP contribution < -0.4 is 5.32 Å². The first-order chi connectivity index (χ1) is 17.1. The lowest BCUT2D eigenvalue weighted by atomic mass is 9.97. The maximum absolute atomic E-state index is 12.8. The first-order valence-corrected chi connectivity index (χ1v) is 13.5. The van der Waals surface area contributed by atoms with Gasteiger partial charge >= 0.3 is 5.97 Å². The molecule has 2 aliphatic heterocycles. The van der Waals surface area contributed by atoms with Crippen molar-refractivity contribution >= 4 is 35.5 Å². The van der Waals surface area contributed by atoms with Crippen molar-refractivity contribution in [3.63, 3.8) is 0 Å². The van der Waals surface area contributed by atoms with E-state index >= 15 is 0 Å². The molecule has 1 fully saturated rings. The molecule has 1 N–H and O–H groups in total. The molecular formula is C27H34N4O3S. The smallest absolute Gasteiger partial charge is 0.320 e. The molecule has 4 rings (SSSR count). The number of rotatable bonds is 9. The van der Waals surface area contributed by atoms with Crippen molar-refractivity contribution in [1.29, 1.82) is 0 Å². The van der Waals surface area contributed by atoms with E-state index in [0.717, 1.165) is 72.8 Å². The van der Waals surface area contributed by atoms with E-state index in [4.69, 9.17) is 4.74 Å². The van der Waals surface area contributed by atoms with E-state index in [-0.39, 0.29) is 11.9 Å². The van der Waals surface area contributed by atoms with Gasteiger partial charge < -0.3 is 10.1 Å². The Bertz CT molecular complexity index is 1040. The number of hydrogen-bond acceptors (Lipinski definition) is 7. The average Bonchev–Trinajstić information content (AvgIpc) is 2.88. The highest BCUT2D eigenvalue weighted by Crippen LogP contribution is 2.21. The van der Waals surface area contributed by atoms with Gasteiger partial charge in [0.15, 0.2) is 0 Å². The quantitative estimate of drug-likeness (QED) is 0.322. The number of carbonyl (C=O) groups is 2. The molecule has 8 heteroatoms. The molecule has 0 radical (unpaired) electrons. The normalized spacial score (nSPS) is 16.2. The molecule has 0 unspecified atom stereocenters. The molecule has 1 amide bonds. The van der Waals surface area contributed by atoms with Crippen LogP contribution >= 0.6 is 11.8 Å². The van der Waals surface area contributed by atoms with Crippen molar-refractivity contribution in [1.82, 2.24) is 9.91 Å². The maximum atomic E-state index is 12.8. The van der Waals surface area contributed by atoms with E-state index in [1.807, 2.05) is 60.4 Å². The Labute approximate surface area is 211 Å². The zero-order valence-electron chi connectivity index (χ0n) is 20.4. The van der Waals surface area contributed by atoms with Crippen LogP contribution in [0.15, 0.2) is 47.6 Å². The number of nitrogens with one attached hydrogen (secondary N) is 1. The minimum absolute atomic E-state index is 0.123. The summed E-state index contributed by atoms with van der Waals surface area (Å²) >= 11 is 1.96. The molecule has 186 valence electrons. The fraction of sp³-hybridized carbons (Fsp3) is 0.444. The number of esters is 1. The first kappa shape index (κ1) is 25.3. The van der Waals surface area contributed by atoms with E-state index in [2.05, 4.69) is 27.3 Å². The van der Waals surface area contributed by atoms with Crippen LogP contribution in [0.25, 0.3) is 0 Å². The number of carbonyl (C=O) groups excluding carboxylic acids is 2. The number of nitrogens with zero attached hydrogens (tertiary/aromatic N) is 3. The summed E-state index contributed by atoms with van der Waals surface area (Å²) in [6.07, 6.45) is 4.59. The Kier molecular flexibility index (Phi) is 9.20. The molecule has 2 aromatic carbocycles. The van der Waals surface area contributed by atoms with Crippen molar-refractivity contribution in [2.45, 2.75) is 32.7 Å². The lowest BCUT2D eigenvalue weighted by Crippen LogP contribution is -2.35. The Balaban J connectivity index is 1.29. The zero-order valence-corrected chi connectivity index (χ0v) is 21.2. The molecular weight excluding hydrogens is 460 g/mol. The lowest BCUT2D eigenvalue weighted by molar-refractivity contribution is -0.145. The van der Waals surface area contributed by atoms with E-state index in [1.165, 1.54) is 0 Å². The molecule has 35 heavy (non-hydrogen) atoms. The molecule has 0 atom stereocenters. The van der Waals surface area contributed by atoms with Crippen molar-refractivity contribution in [2.24, 2.45) is 5.10 Å². The Morgan fingerprint density at radius 1 is 1.09 bits per heavy atom. The van der Waals surface area contributed by atoms with Gasteiger partial charge in [-0.3, -0.25) is 19.5 Å². The number of hydrogen-bond donors (Lipinski definition) is 1. The molecule has 1 saturated heterocycles. The van der Waals surface area contributed by atoms with Gasteiger partial charge in [-0.15, -0.1) is 0 Å². The van der Waals surface area contributed by atoms with Gasteiger partial charge in [0.05, 0.1) is 19.4 Å². The molecule has 7 nitrogen and oxygen atoms in total. The van der Waals surface area contributed by atoms with Gasteiger partial charge in [0.2, 0.25) is 0 Å². The first-order valence-electron chi connectivity index (χ1n) is 12.4. The van der Waals surface area contributed by atoms with Crippen LogP contribution in [0.5, 0.6) is 0 Å². The molecule has 0 aromatic heterocycles. The zero-order chi connectivity index (χ0) is 24.5. The third-order valence-electron chi connectivity index (χ3n) is 6.20. The topological polar surface area (TPSA) is 74.2 Å². The summed E-state index contributed by atoms with van der Waals surface area (Å²) < 4.78 is 5.29. The van der Waals surface area contributed by atoms with Crippen LogP contribution in [-0.2, 0) is 22.5 Å². The van der Waals surface area contributed by atoms with Crippen LogP contribution in [0, 0.1) is 0 Å². The molecule has 0 aliphatic carbocycles. The van der Waals surface area contributed by atoms with Gasteiger partial charge in [-0.25, -0.2) is 0 Å². The SMILES string of the molecule is CCCCOC(=O)CN1CCc2cc(C(=O)Nc3ccc(C=NN4CCSCC4)cc3)ccc2C1. The van der Waals surface area contributed by atoms with Crippen LogP contribution in [0.1, 0.15) is 46.8 Å². The fourth-order valence-corrected chi connectivity index (χ4v) is 5.00. The summed E-state index contributed by atoms with van der Waals surface area (Å²) in [6.45, 7) is 6.32. The Morgan fingerprint density at radius 2 is 1.89 bits per heavy atom. The van der Waals surface area contributed by atoms with Gasteiger partial charge in [-0.05, 0) is 53.8 Å². The molecule has 2 aliphatic rings. The van der Waals surface area contributed by atoms with Crippen LogP contribution in [0.2, 0.25) is 0 Å². The van der Waals surface area contributed by atoms with Crippen molar-refractivity contribution in [2.75, 3.05) is 49.6 Å². The van der Waals surface area contributed by atoms with Crippen LogP contribution in [-0.4, -0.2) is 72.3 Å². The number of ether oxygens (including phenoxy) is 1. The minimum Gasteiger partial charge on any atom is -0.465 e. The van der Waals surface area contributed by atoms with Crippen LogP contribution in [0.3, 0.4) is 0 Å². The van der Waals surface area contributed by atoms with E-state index in [9.17, 15) is 9.59 Å². The molecule has 2 aromatic rings. The highest BCUT2D eigenvalue weighted by atomic mass is 32.2. The van der Waals surface area contributed by atoms with Gasteiger partial charge in [-0.1, -0.05) is 31.5 Å². The van der Waals surface area contributed by atoms with Crippen LogP contribution in [0.4, 0.5) is 5.69 Å². The number of benzene rings is 2. The van der Waals surface area contributed by atoms with Crippen molar-refractivity contribution in [3.05, 3.63) is 64.7 Å². The number of anilines is 1. The van der Waals surface area contributed by atoms with Gasteiger partial charge in [0.25, 0.3) is 5.91 Å². The van der Waals surface area contributed by atoms with Crippen molar-refractivity contribution in [3.8, 4) is 0 Å². The van der Waals surface area contributed by atoms with E-state index in [0.29, 0.717) is 25.3 Å². The van der Waals surface area contributed by atoms with Gasteiger partial charge in [0, 0.05) is 48.9 Å². The summed E-state index contributed by atoms with van der Waals surface area (Å²) in [4.78, 5) is 27.0. The second-order valence-corrected chi connectivity index (χ2v) is 10.1. The number of amides is 1. The van der Waals surface area contributed by atoms with Gasteiger partial charge in [0.1, 0.15) is 0 Å². The molecule has 0 bridgehead atoms.